The smallest absolute Gasteiger partial charge is 0.123 e. The summed E-state index contributed by atoms with van der Waals surface area (Å²) in [6.07, 6.45) is 2.40. The molecule has 0 amide bonds. The number of ether oxygens (including phenoxy) is 1. The van der Waals surface area contributed by atoms with E-state index < -0.39 is 0 Å². The monoisotopic (exact) mass is 221 g/mol. The van der Waals surface area contributed by atoms with Crippen molar-refractivity contribution in [2.24, 2.45) is 0 Å². The van der Waals surface area contributed by atoms with Crippen molar-refractivity contribution in [2.75, 3.05) is 19.0 Å². The fourth-order valence-corrected chi connectivity index (χ4v) is 2.61. The van der Waals surface area contributed by atoms with Crippen LogP contribution in [0.2, 0.25) is 0 Å². The molecule has 0 saturated carbocycles. The van der Waals surface area contributed by atoms with Crippen LogP contribution in [-0.4, -0.2) is 13.7 Å². The first-order valence-corrected chi connectivity index (χ1v) is 6.04. The number of anilines is 1. The van der Waals surface area contributed by atoms with Gasteiger partial charge in [0.25, 0.3) is 0 Å². The third-order valence-corrected chi connectivity index (χ3v) is 4.04. The topological polar surface area (TPSA) is 21.3 Å². The average molecular weight is 221 g/mol. The molecule has 2 heteroatoms. The lowest BCUT2D eigenvalue weighted by molar-refractivity contribution is 0.403. The maximum atomic E-state index is 5.37. The Balaban J connectivity index is 0.00000144. The van der Waals surface area contributed by atoms with Gasteiger partial charge in [-0.05, 0) is 36.8 Å². The van der Waals surface area contributed by atoms with Crippen molar-refractivity contribution in [3.05, 3.63) is 23.3 Å². The maximum Gasteiger partial charge on any atom is 0.123 e. The molecule has 1 unspecified atom stereocenters. The quantitative estimate of drug-likeness (QED) is 0.821. The predicted molar refractivity (Wildman–Crippen MR) is 70.6 cm³/mol. The van der Waals surface area contributed by atoms with Gasteiger partial charge in [-0.2, -0.15) is 0 Å². The van der Waals surface area contributed by atoms with Gasteiger partial charge in [-0.3, -0.25) is 0 Å². The average Bonchev–Trinajstić information content (AvgIpc) is 2.31. The van der Waals surface area contributed by atoms with Crippen LogP contribution in [0.1, 0.15) is 39.2 Å². The van der Waals surface area contributed by atoms with E-state index in [1.54, 1.807) is 7.11 Å². The molecule has 0 spiro atoms. The Kier molecular flexibility index (Phi) is 2.83. The van der Waals surface area contributed by atoms with Crippen molar-refractivity contribution in [3.63, 3.8) is 0 Å². The summed E-state index contributed by atoms with van der Waals surface area (Å²) in [4.78, 5) is 0. The molecule has 16 heavy (non-hydrogen) atoms. The summed E-state index contributed by atoms with van der Waals surface area (Å²) in [6.45, 7) is 7.82. The van der Waals surface area contributed by atoms with E-state index in [1.807, 2.05) is 0 Å². The molecular weight excluding hydrogens is 198 g/mol. The fourth-order valence-electron chi connectivity index (χ4n) is 2.61. The van der Waals surface area contributed by atoms with Crippen LogP contribution in [0.25, 0.3) is 0 Å². The predicted octanol–water partition coefficient (Wildman–Crippen LogP) is 3.73. The first kappa shape index (κ1) is 11.3. The van der Waals surface area contributed by atoms with E-state index >= 15 is 0 Å². The second-order valence-electron chi connectivity index (χ2n) is 4.91. The van der Waals surface area contributed by atoms with Gasteiger partial charge in [-0.25, -0.2) is 0 Å². The van der Waals surface area contributed by atoms with Gasteiger partial charge in [-0.1, -0.05) is 19.9 Å². The van der Waals surface area contributed by atoms with Gasteiger partial charge >= 0.3 is 0 Å². The Morgan fingerprint density at radius 2 is 2.25 bits per heavy atom. The van der Waals surface area contributed by atoms with Crippen LogP contribution in [-0.2, 0) is 5.41 Å². The zero-order valence-corrected chi connectivity index (χ0v) is 10.7. The van der Waals surface area contributed by atoms with Crippen molar-refractivity contribution in [1.29, 1.82) is 0 Å². The Labute approximate surface area is 99.5 Å². The number of fused-ring (bicyclic) bond motifs is 1. The molecule has 0 fully saturated rings. The lowest BCUT2D eigenvalue weighted by Gasteiger charge is -2.37. The second-order valence-corrected chi connectivity index (χ2v) is 4.91. The Hall–Kier alpha value is -1.18. The van der Waals surface area contributed by atoms with Gasteiger partial charge in [-0.15, -0.1) is 0 Å². The molecule has 0 aromatic heterocycles. The third-order valence-electron chi connectivity index (χ3n) is 4.04. The van der Waals surface area contributed by atoms with Crippen LogP contribution >= 0.6 is 0 Å². The molecule has 0 bridgehead atoms. The molecule has 90 valence electrons. The largest absolute Gasteiger partial charge is 0.496 e. The summed E-state index contributed by atoms with van der Waals surface area (Å²) < 4.78 is 5.37. The highest BCUT2D eigenvalue weighted by Crippen LogP contribution is 2.43. The molecule has 2 nitrogen and oxygen atoms in total. The van der Waals surface area contributed by atoms with E-state index in [1.165, 1.54) is 29.7 Å². The molecule has 1 aromatic rings. The Morgan fingerprint density at radius 3 is 2.88 bits per heavy atom. The molecule has 1 atom stereocenters. The zero-order valence-electron chi connectivity index (χ0n) is 10.7. The number of nitrogens with one attached hydrogen (secondary N) is 1. The summed E-state index contributed by atoms with van der Waals surface area (Å²) in [5.41, 5.74) is 4.28. The summed E-state index contributed by atoms with van der Waals surface area (Å²) in [5, 5.41) is 3.52. The fraction of sp³-hybridized carbons (Fsp3) is 0.571. The van der Waals surface area contributed by atoms with E-state index in [2.05, 4.69) is 38.2 Å². The molecule has 0 aliphatic carbocycles. The normalized spacial score (nSPS) is 23.5. The summed E-state index contributed by atoms with van der Waals surface area (Å²) in [7, 11) is 1.73. The Bertz CT molecular complexity index is 405. The highest BCUT2D eigenvalue weighted by Gasteiger charge is 2.31. The highest BCUT2D eigenvalue weighted by molar-refractivity contribution is 5.65. The molecule has 2 rings (SSSR count). The first-order chi connectivity index (χ1) is 7.62. The minimum Gasteiger partial charge on any atom is -0.496 e. The molecule has 0 radical (unpaired) electrons. The minimum absolute atomic E-state index is 0. The lowest BCUT2D eigenvalue weighted by atomic mass is 9.74. The van der Waals surface area contributed by atoms with Crippen LogP contribution in [0.4, 0.5) is 5.69 Å². The van der Waals surface area contributed by atoms with Crippen molar-refractivity contribution in [3.8, 4) is 5.75 Å². The molecule has 1 N–H and O–H groups in total. The molecule has 1 aliphatic rings. The van der Waals surface area contributed by atoms with Crippen molar-refractivity contribution in [1.82, 2.24) is 0 Å². The van der Waals surface area contributed by atoms with Gasteiger partial charge in [0.2, 0.25) is 0 Å². The Morgan fingerprint density at radius 1 is 1.50 bits per heavy atom. The maximum absolute atomic E-state index is 5.37. The van der Waals surface area contributed by atoms with Crippen LogP contribution in [0.5, 0.6) is 5.75 Å². The van der Waals surface area contributed by atoms with Crippen LogP contribution in [0.15, 0.2) is 12.1 Å². The summed E-state index contributed by atoms with van der Waals surface area (Å²) in [5.74, 6) is 0.978. The van der Waals surface area contributed by atoms with Gasteiger partial charge in [0, 0.05) is 19.2 Å². The molecule has 1 heterocycles. The van der Waals surface area contributed by atoms with Crippen LogP contribution in [0.3, 0.4) is 0 Å². The first-order valence-electron chi connectivity index (χ1n) is 6.04. The number of methoxy groups -OCH3 is 1. The highest BCUT2D eigenvalue weighted by atomic mass is 16.5. The van der Waals surface area contributed by atoms with E-state index in [0.717, 1.165) is 12.3 Å². The third kappa shape index (κ3) is 1.57. The van der Waals surface area contributed by atoms with Crippen LogP contribution < -0.4 is 10.1 Å². The number of rotatable bonds is 2. The zero-order chi connectivity index (χ0) is 11.8. The summed E-state index contributed by atoms with van der Waals surface area (Å²) >= 11 is 0. The SMILES string of the molecule is CCC1(C)CCNc2c1ccc(OC)c2C.[HH]. The van der Waals surface area contributed by atoms with E-state index in [9.17, 15) is 0 Å². The molecule has 1 aromatic carbocycles. The van der Waals surface area contributed by atoms with E-state index in [4.69, 9.17) is 4.74 Å². The lowest BCUT2D eigenvalue weighted by Crippen LogP contribution is -2.31. The molecule has 1 aliphatic heterocycles. The van der Waals surface area contributed by atoms with Gasteiger partial charge in [0.1, 0.15) is 5.75 Å². The van der Waals surface area contributed by atoms with Gasteiger partial charge < -0.3 is 10.1 Å². The van der Waals surface area contributed by atoms with Crippen molar-refractivity contribution >= 4 is 5.69 Å². The number of hydrogen-bond acceptors (Lipinski definition) is 2. The van der Waals surface area contributed by atoms with Gasteiger partial charge in [0.05, 0.1) is 7.11 Å². The summed E-state index contributed by atoms with van der Waals surface area (Å²) in [6, 6.07) is 4.31. The van der Waals surface area contributed by atoms with E-state index in [0.29, 0.717) is 5.41 Å². The van der Waals surface area contributed by atoms with Gasteiger partial charge in [0.15, 0.2) is 0 Å². The standard InChI is InChI=1S/C14H21NO.H2/c1-5-14(3)8-9-15-13-10(2)12(16-4)7-6-11(13)14;/h6-7,15H,5,8-9H2,1-4H3;1H. The number of benzene rings is 1. The van der Waals surface area contributed by atoms with E-state index in [-0.39, 0.29) is 1.43 Å². The van der Waals surface area contributed by atoms with Crippen LogP contribution in [0, 0.1) is 6.92 Å². The van der Waals surface area contributed by atoms with Crippen molar-refractivity contribution in [2.45, 2.75) is 39.0 Å². The molecular formula is C14H23NO. The minimum atomic E-state index is 0. The molecule has 0 saturated heterocycles. The number of hydrogen-bond donors (Lipinski definition) is 1. The van der Waals surface area contributed by atoms with Crippen molar-refractivity contribution < 1.29 is 6.16 Å². The second kappa shape index (κ2) is 4.00.